The third-order valence-electron chi connectivity index (χ3n) is 8.65. The number of nitrogens with one attached hydrogen (secondary N) is 1. The van der Waals surface area contributed by atoms with E-state index in [-0.39, 0.29) is 0 Å². The number of hydrogen-bond donors (Lipinski definition) is 1. The number of quaternary nitrogens is 1. The molecule has 0 aromatic rings. The van der Waals surface area contributed by atoms with Crippen LogP contribution in [0, 0.1) is 0 Å². The summed E-state index contributed by atoms with van der Waals surface area (Å²) in [6.07, 6.45) is 43.9. The molecule has 0 aliphatic rings. The van der Waals surface area contributed by atoms with Gasteiger partial charge in [-0.05, 0) is 38.5 Å². The fraction of sp³-hybridized carbons (Fsp3) is 1.00. The molecule has 29 nitrogen and oxygen atoms in total. The van der Waals surface area contributed by atoms with Gasteiger partial charge in [0.1, 0.15) is 0 Å². The molecule has 0 aliphatic carbocycles. The second kappa shape index (κ2) is 58.6. The summed E-state index contributed by atoms with van der Waals surface area (Å²) < 4.78 is 242. The third kappa shape index (κ3) is 253. The summed E-state index contributed by atoms with van der Waals surface area (Å²) >= 11 is -42.1. The fourth-order valence-corrected chi connectivity index (χ4v) is 5.96. The molecule has 0 bridgehead atoms. The molecule has 0 spiro atoms. The summed E-state index contributed by atoms with van der Waals surface area (Å²) in [4.78, 5) is 1.94. The van der Waals surface area contributed by atoms with Gasteiger partial charge in [-0.1, -0.05) is 175 Å². The van der Waals surface area contributed by atoms with Crippen molar-refractivity contribution in [2.45, 2.75) is 213 Å². The van der Waals surface area contributed by atoms with Crippen LogP contribution in [0.4, 0.5) is 0 Å². The molecule has 72 heavy (non-hydrogen) atoms. The first-order valence-corrected chi connectivity index (χ1v) is 45.8. The van der Waals surface area contributed by atoms with Gasteiger partial charge in [0.05, 0.1) is 19.6 Å². The van der Waals surface area contributed by atoms with E-state index in [1.165, 1.54) is 212 Å². The standard InChI is InChI=1S/C36H75N.7Mo.28O/c1-4-7-10-13-16-19-22-25-28-31-34-37(35-32-29-26-23-20-17-14-11-8-5-2)36-33-30-27-24-21-18-15-12-9-6-3;;;;;;;;;;;;;;;;;;;;;;;;;;;;;;;;;;;/h4-36H2,1-3H3;;;;;;;;;;;;;;;;;;;;;;;;;;;;;;;;;;;/q;;;;;;;;;;;;;;;;;;;;;;14*-1/p+1. The quantitative estimate of drug-likeness (QED) is 0.0471. The van der Waals surface area contributed by atoms with Crippen LogP contribution in [0.3, 0.4) is 0 Å². The predicted octanol–water partition coefficient (Wildman–Crippen LogP) is -6.69. The first-order valence-electron chi connectivity index (χ1n) is 22.8. The van der Waals surface area contributed by atoms with Crippen LogP contribution in [0.2, 0.25) is 0 Å². The summed E-state index contributed by atoms with van der Waals surface area (Å²) in [7, 11) is 0. The van der Waals surface area contributed by atoms with Gasteiger partial charge in [-0.2, -0.15) is 0 Å². The van der Waals surface area contributed by atoms with Gasteiger partial charge in [0.15, 0.2) is 0 Å². The second-order valence-electron chi connectivity index (χ2n) is 15.4. The van der Waals surface area contributed by atoms with Crippen molar-refractivity contribution in [2.75, 3.05) is 19.6 Å². The van der Waals surface area contributed by atoms with Crippen LogP contribution in [0.1, 0.15) is 213 Å². The van der Waals surface area contributed by atoms with Crippen LogP contribution in [-0.2, 0) is 165 Å². The molecule has 0 aromatic heterocycles. The van der Waals surface area contributed by atoms with Crippen molar-refractivity contribution >= 4 is 0 Å². The van der Waals surface area contributed by atoms with Gasteiger partial charge >= 0.3 is 217 Å². The Morgan fingerprint density at radius 2 is 0.278 bits per heavy atom. The molecule has 36 heteroatoms. The van der Waals surface area contributed by atoms with Crippen LogP contribution in [0.5, 0.6) is 0 Å². The molecule has 0 saturated carbocycles. The first kappa shape index (κ1) is 90.0. The minimum atomic E-state index is -6.02. The maximum atomic E-state index is 8.63. The molecule has 0 saturated heterocycles. The molecule has 0 aromatic carbocycles. The van der Waals surface area contributed by atoms with Crippen LogP contribution >= 0.6 is 0 Å². The van der Waals surface area contributed by atoms with Gasteiger partial charge in [-0.3, -0.25) is 0 Å². The Morgan fingerprint density at radius 3 is 0.375 bits per heavy atom. The van der Waals surface area contributed by atoms with Crippen molar-refractivity contribution in [1.29, 1.82) is 0 Å². The molecular formula is C36H76Mo7NO28-13. The number of unbranched alkanes of at least 4 members (excludes halogenated alkanes) is 27. The van der Waals surface area contributed by atoms with Crippen LogP contribution in [0.15, 0.2) is 0 Å². The Bertz CT molecular complexity index is 1530. The fourth-order valence-electron chi connectivity index (χ4n) is 5.96. The number of rotatable bonds is 33. The van der Waals surface area contributed by atoms with Crippen molar-refractivity contribution in [3.8, 4) is 0 Å². The van der Waals surface area contributed by atoms with Crippen molar-refractivity contribution in [3.05, 3.63) is 0 Å². The van der Waals surface area contributed by atoms with Gasteiger partial charge in [0, 0.05) is 0 Å². The van der Waals surface area contributed by atoms with Gasteiger partial charge < -0.3 is 4.90 Å². The molecule has 1 N–H and O–H groups in total. The molecule has 0 rings (SSSR count). The Morgan fingerprint density at radius 1 is 0.194 bits per heavy atom. The minimum absolute atomic E-state index is 1.37. The van der Waals surface area contributed by atoms with E-state index in [0.29, 0.717) is 0 Å². The van der Waals surface area contributed by atoms with Crippen LogP contribution in [-0.4, -0.2) is 19.6 Å². The predicted molar refractivity (Wildman–Crippen MR) is 181 cm³/mol. The van der Waals surface area contributed by atoms with Gasteiger partial charge in [0.25, 0.3) is 0 Å². The SMILES string of the molecule is CCCCCCCCCCCC[NH+](CCCCCCCCCCCC)CCCCCCCCCCCC.[O]=[Mo](=[O])([O-])[O-].[O]=[Mo](=[O])([O-])[O-].[O]=[Mo](=[O])([O-])[O-].[O]=[Mo](=[O])([O-])[O-].[O]=[Mo](=[O])([O-])[O-].[O]=[Mo](=[O])([O-])[O-].[O]=[Mo](=[O])([O-])[O-]. The Kier molecular flexibility index (Phi) is 73.2. The zero-order valence-electron chi connectivity index (χ0n) is 41.1. The molecule has 0 unspecified atom stereocenters. The van der Waals surface area contributed by atoms with Crippen molar-refractivity contribution in [2.24, 2.45) is 0 Å². The Labute approximate surface area is 450 Å². The van der Waals surface area contributed by atoms with E-state index in [1.54, 1.807) is 0 Å². The maximum absolute atomic E-state index is 8.63. The first-order chi connectivity index (χ1) is 32.3. The average molecular weight is 1640 g/mol. The van der Waals surface area contributed by atoms with Gasteiger partial charge in [-0.25, -0.2) is 0 Å². The molecule has 0 aliphatic heterocycles. The van der Waals surface area contributed by atoms with E-state index >= 15 is 0 Å². The summed E-state index contributed by atoms with van der Waals surface area (Å²) in [5, 5.41) is 0. The summed E-state index contributed by atoms with van der Waals surface area (Å²) in [5.41, 5.74) is 0. The zero-order chi connectivity index (χ0) is 58.4. The average Bonchev–Trinajstić information content (AvgIpc) is 3.12. The molecule has 0 radical (unpaired) electrons. The van der Waals surface area contributed by atoms with Crippen molar-refractivity contribution in [3.63, 3.8) is 0 Å². The summed E-state index contributed by atoms with van der Waals surface area (Å²) in [5.74, 6) is 0. The molecule has 0 amide bonds. The van der Waals surface area contributed by atoms with Gasteiger partial charge in [-0.15, -0.1) is 0 Å². The van der Waals surface area contributed by atoms with E-state index in [2.05, 4.69) is 20.8 Å². The van der Waals surface area contributed by atoms with Crippen molar-refractivity contribution < 1.29 is 222 Å². The summed E-state index contributed by atoms with van der Waals surface area (Å²) in [6, 6.07) is 0. The normalized spacial score (nSPS) is 11.6. The summed E-state index contributed by atoms with van der Waals surface area (Å²) in [6.45, 7) is 11.3. The molecule has 0 atom stereocenters. The molecule has 0 fully saturated rings. The van der Waals surface area contributed by atoms with E-state index in [9.17, 15) is 0 Å². The van der Waals surface area contributed by atoms with Crippen LogP contribution < -0.4 is 57.5 Å². The van der Waals surface area contributed by atoms with Gasteiger partial charge in [0.2, 0.25) is 0 Å². The topological polar surface area (TPSA) is 566 Å². The zero-order valence-corrected chi connectivity index (χ0v) is 55.2. The third-order valence-corrected chi connectivity index (χ3v) is 8.65. The van der Waals surface area contributed by atoms with E-state index < -0.39 is 117 Å². The second-order valence-corrected chi connectivity index (χ2v) is 29.5. The molecular weight excluding hydrogens is 1570 g/mol. The molecule has 0 heterocycles. The monoisotopic (exact) mass is 1660 g/mol. The number of hydrogen-bond acceptors (Lipinski definition) is 28. The van der Waals surface area contributed by atoms with E-state index in [1.807, 2.05) is 4.90 Å². The Hall–Kier alpha value is 1.42. The van der Waals surface area contributed by atoms with E-state index in [0.717, 1.165) is 0 Å². The molecule has 448 valence electrons. The van der Waals surface area contributed by atoms with Crippen molar-refractivity contribution in [1.82, 2.24) is 0 Å². The Balaban J connectivity index is -0.000000154. The van der Waals surface area contributed by atoms with E-state index in [4.69, 9.17) is 100 Å². The van der Waals surface area contributed by atoms with Crippen LogP contribution in [0.25, 0.3) is 0 Å².